The van der Waals surface area contributed by atoms with Crippen LogP contribution in [0.5, 0.6) is 0 Å². The zero-order chi connectivity index (χ0) is 17.9. The molecule has 0 radical (unpaired) electrons. The minimum atomic E-state index is -1.28. The molecule has 2 atom stereocenters. The van der Waals surface area contributed by atoms with Crippen molar-refractivity contribution < 1.29 is 14.3 Å². The Morgan fingerprint density at radius 1 is 1.40 bits per heavy atom. The number of benzene rings is 1. The molecule has 1 fully saturated rings. The smallest absolute Gasteiger partial charge is 0.341 e. The lowest BCUT2D eigenvalue weighted by Gasteiger charge is -2.35. The standard InChI is InChI=1S/C18H20FN3O3/c1-9-7-21(4-3-20-9)16-11-5-10(2)22-8-13(18(24)25)17(23)12(15(11)22)6-14(16)19/h6,8-10,20H,3-5,7H2,1-2H3,(H,24,25)/t9?,10-/m0/s1. The number of piperazine rings is 1. The van der Waals surface area contributed by atoms with E-state index in [0.717, 1.165) is 12.1 Å². The molecule has 4 rings (SSSR count). The van der Waals surface area contributed by atoms with Crippen molar-refractivity contribution in [2.75, 3.05) is 24.5 Å². The van der Waals surface area contributed by atoms with Gasteiger partial charge in [-0.3, -0.25) is 4.79 Å². The molecule has 3 heterocycles. The SMILES string of the molecule is CC1CN(c2c(F)cc3c(=O)c(C(=O)O)cn4c3c2C[C@@H]4C)CCN1. The van der Waals surface area contributed by atoms with Gasteiger partial charge in [-0.25, -0.2) is 9.18 Å². The van der Waals surface area contributed by atoms with Crippen molar-refractivity contribution in [3.05, 3.63) is 39.4 Å². The first kappa shape index (κ1) is 16.1. The van der Waals surface area contributed by atoms with Crippen LogP contribution in [0.4, 0.5) is 10.1 Å². The number of hydrogen-bond donors (Lipinski definition) is 2. The number of aromatic nitrogens is 1. The van der Waals surface area contributed by atoms with Gasteiger partial charge in [0.2, 0.25) is 5.43 Å². The molecule has 0 saturated carbocycles. The van der Waals surface area contributed by atoms with Gasteiger partial charge in [-0.1, -0.05) is 0 Å². The third-order valence-electron chi connectivity index (χ3n) is 5.23. The number of carbonyl (C=O) groups is 1. The molecule has 0 spiro atoms. The van der Waals surface area contributed by atoms with Crippen LogP contribution in [-0.2, 0) is 6.42 Å². The van der Waals surface area contributed by atoms with Crippen LogP contribution in [0.15, 0.2) is 17.1 Å². The highest BCUT2D eigenvalue weighted by molar-refractivity contribution is 5.96. The predicted molar refractivity (Wildman–Crippen MR) is 93.2 cm³/mol. The molecule has 1 unspecified atom stereocenters. The van der Waals surface area contributed by atoms with E-state index in [1.165, 1.54) is 12.3 Å². The van der Waals surface area contributed by atoms with Gasteiger partial charge in [0, 0.05) is 48.9 Å². The summed E-state index contributed by atoms with van der Waals surface area (Å²) in [5, 5.41) is 12.8. The molecule has 1 aromatic carbocycles. The average molecular weight is 345 g/mol. The molecular weight excluding hydrogens is 325 g/mol. The summed E-state index contributed by atoms with van der Waals surface area (Å²) in [5.41, 5.74) is 1.11. The van der Waals surface area contributed by atoms with Gasteiger partial charge < -0.3 is 19.9 Å². The Hall–Kier alpha value is -2.41. The van der Waals surface area contributed by atoms with E-state index >= 15 is 0 Å². The Balaban J connectivity index is 2.00. The van der Waals surface area contributed by atoms with Gasteiger partial charge in [-0.05, 0) is 26.3 Å². The number of nitrogens with zero attached hydrogens (tertiary/aromatic N) is 2. The Bertz CT molecular complexity index is 953. The number of rotatable bonds is 2. The second kappa shape index (κ2) is 5.56. The molecule has 6 nitrogen and oxygen atoms in total. The summed E-state index contributed by atoms with van der Waals surface area (Å²) >= 11 is 0. The van der Waals surface area contributed by atoms with Crippen molar-refractivity contribution in [1.82, 2.24) is 9.88 Å². The fraction of sp³-hybridized carbons (Fsp3) is 0.444. The maximum Gasteiger partial charge on any atom is 0.341 e. The summed E-state index contributed by atoms with van der Waals surface area (Å²) in [4.78, 5) is 25.9. The highest BCUT2D eigenvalue weighted by atomic mass is 19.1. The molecule has 132 valence electrons. The monoisotopic (exact) mass is 345 g/mol. The minimum Gasteiger partial charge on any atom is -0.477 e. The van der Waals surface area contributed by atoms with Crippen LogP contribution in [0.3, 0.4) is 0 Å². The number of anilines is 1. The quantitative estimate of drug-likeness (QED) is 0.867. The molecule has 2 N–H and O–H groups in total. The van der Waals surface area contributed by atoms with Crippen molar-refractivity contribution in [2.45, 2.75) is 32.4 Å². The van der Waals surface area contributed by atoms with Crippen LogP contribution in [-0.4, -0.2) is 41.3 Å². The molecule has 1 saturated heterocycles. The molecule has 0 aliphatic carbocycles. The number of hydrogen-bond acceptors (Lipinski definition) is 4. The summed E-state index contributed by atoms with van der Waals surface area (Å²) in [6, 6.07) is 1.45. The van der Waals surface area contributed by atoms with Crippen molar-refractivity contribution in [2.24, 2.45) is 0 Å². The largest absolute Gasteiger partial charge is 0.477 e. The lowest BCUT2D eigenvalue weighted by atomic mass is 10.0. The second-order valence-electron chi connectivity index (χ2n) is 7.02. The van der Waals surface area contributed by atoms with Crippen molar-refractivity contribution in [3.63, 3.8) is 0 Å². The van der Waals surface area contributed by atoms with Gasteiger partial charge in [0.1, 0.15) is 11.4 Å². The Morgan fingerprint density at radius 2 is 2.16 bits per heavy atom. The molecular formula is C18H20FN3O3. The Labute approximate surface area is 143 Å². The van der Waals surface area contributed by atoms with Crippen LogP contribution in [0.25, 0.3) is 10.9 Å². The number of halogens is 1. The Kier molecular flexibility index (Phi) is 3.57. The number of aromatic carboxylic acids is 1. The van der Waals surface area contributed by atoms with Crippen molar-refractivity contribution in [1.29, 1.82) is 0 Å². The van der Waals surface area contributed by atoms with E-state index < -0.39 is 17.2 Å². The zero-order valence-corrected chi connectivity index (χ0v) is 14.2. The average Bonchev–Trinajstić information content (AvgIpc) is 2.87. The number of carboxylic acid groups (broad SMARTS) is 1. The van der Waals surface area contributed by atoms with Crippen LogP contribution in [0, 0.1) is 5.82 Å². The zero-order valence-electron chi connectivity index (χ0n) is 14.2. The highest BCUT2D eigenvalue weighted by Gasteiger charge is 2.31. The van der Waals surface area contributed by atoms with Gasteiger partial charge in [-0.2, -0.15) is 0 Å². The van der Waals surface area contributed by atoms with E-state index in [-0.39, 0.29) is 23.0 Å². The lowest BCUT2D eigenvalue weighted by Crippen LogP contribution is -2.49. The highest BCUT2D eigenvalue weighted by Crippen LogP contribution is 2.39. The van der Waals surface area contributed by atoms with Gasteiger partial charge in [0.05, 0.1) is 11.2 Å². The fourth-order valence-corrected chi connectivity index (χ4v) is 4.12. The van der Waals surface area contributed by atoms with Crippen LogP contribution in [0.1, 0.15) is 35.8 Å². The van der Waals surface area contributed by atoms with Crippen molar-refractivity contribution in [3.8, 4) is 0 Å². The topological polar surface area (TPSA) is 74.6 Å². The lowest BCUT2D eigenvalue weighted by molar-refractivity contribution is 0.0694. The normalized spacial score (nSPS) is 22.6. The van der Waals surface area contributed by atoms with Gasteiger partial charge in [-0.15, -0.1) is 0 Å². The van der Waals surface area contributed by atoms with Crippen LogP contribution >= 0.6 is 0 Å². The summed E-state index contributed by atoms with van der Waals surface area (Å²) in [6.07, 6.45) is 1.99. The third-order valence-corrected chi connectivity index (χ3v) is 5.23. The maximum absolute atomic E-state index is 15.0. The molecule has 2 aromatic rings. The summed E-state index contributed by atoms with van der Waals surface area (Å²) in [5.74, 6) is -1.73. The van der Waals surface area contributed by atoms with Crippen LogP contribution < -0.4 is 15.6 Å². The van der Waals surface area contributed by atoms with E-state index in [1.54, 1.807) is 0 Å². The van der Waals surface area contributed by atoms with E-state index in [2.05, 4.69) is 12.2 Å². The van der Waals surface area contributed by atoms with Crippen molar-refractivity contribution >= 4 is 22.6 Å². The molecule has 0 bridgehead atoms. The molecule has 7 heteroatoms. The first-order valence-electron chi connectivity index (χ1n) is 8.50. The number of carboxylic acids is 1. The van der Waals surface area contributed by atoms with Crippen LogP contribution in [0.2, 0.25) is 0 Å². The number of pyridine rings is 1. The summed E-state index contributed by atoms with van der Waals surface area (Å²) in [7, 11) is 0. The second-order valence-corrected chi connectivity index (χ2v) is 7.02. The first-order chi connectivity index (χ1) is 11.9. The van der Waals surface area contributed by atoms with Gasteiger partial charge >= 0.3 is 5.97 Å². The van der Waals surface area contributed by atoms with E-state index in [1.807, 2.05) is 16.4 Å². The molecule has 0 amide bonds. The first-order valence-corrected chi connectivity index (χ1v) is 8.50. The fourth-order valence-electron chi connectivity index (χ4n) is 4.12. The van der Waals surface area contributed by atoms with E-state index in [9.17, 15) is 19.1 Å². The molecule has 2 aliphatic heterocycles. The van der Waals surface area contributed by atoms with E-state index in [0.29, 0.717) is 30.7 Å². The van der Waals surface area contributed by atoms with E-state index in [4.69, 9.17) is 0 Å². The summed E-state index contributed by atoms with van der Waals surface area (Å²) < 4.78 is 16.8. The maximum atomic E-state index is 15.0. The molecule has 25 heavy (non-hydrogen) atoms. The minimum absolute atomic E-state index is 0.0166. The van der Waals surface area contributed by atoms with Gasteiger partial charge in [0.15, 0.2) is 0 Å². The Morgan fingerprint density at radius 3 is 2.84 bits per heavy atom. The van der Waals surface area contributed by atoms with Gasteiger partial charge in [0.25, 0.3) is 0 Å². The predicted octanol–water partition coefficient (Wildman–Crippen LogP) is 1.75. The third kappa shape index (κ3) is 2.33. The molecule has 2 aliphatic rings. The molecule has 1 aromatic heterocycles. The summed E-state index contributed by atoms with van der Waals surface area (Å²) in [6.45, 7) is 6.19. The number of nitrogens with one attached hydrogen (secondary N) is 1.